The number of rotatable bonds is 2. The number of allylic oxidation sites excluding steroid dienone is 2. The molecule has 0 heterocycles. The van der Waals surface area contributed by atoms with Gasteiger partial charge in [-0.25, -0.2) is 0 Å². The molecule has 0 spiro atoms. The Morgan fingerprint density at radius 2 is 2.00 bits per heavy atom. The molecule has 0 aromatic rings. The fourth-order valence-corrected chi connectivity index (χ4v) is 1.93. The smallest absolute Gasteiger partial charge is 0.0239 e. The average Bonchev–Trinajstić information content (AvgIpc) is 2.06. The van der Waals surface area contributed by atoms with Crippen LogP contribution in [0.5, 0.6) is 0 Å². The zero-order valence-corrected chi connectivity index (χ0v) is 8.86. The zero-order valence-electron chi connectivity index (χ0n) is 7.28. The van der Waals surface area contributed by atoms with Gasteiger partial charge >= 0.3 is 0 Å². The summed E-state index contributed by atoms with van der Waals surface area (Å²) in [6, 6.07) is 0. The molecule has 0 nitrogen and oxygen atoms in total. The lowest BCUT2D eigenvalue weighted by molar-refractivity contribution is 0.418. The van der Waals surface area contributed by atoms with E-state index in [9.17, 15) is 0 Å². The van der Waals surface area contributed by atoms with Crippen molar-refractivity contribution in [3.8, 4) is 0 Å². The first kappa shape index (κ1) is 9.31. The third-order valence-corrected chi connectivity index (χ3v) is 3.27. The molecule has 0 atom stereocenters. The molecule has 64 valence electrons. The van der Waals surface area contributed by atoms with Crippen molar-refractivity contribution in [3.63, 3.8) is 0 Å². The fourth-order valence-electron chi connectivity index (χ4n) is 1.75. The van der Waals surface area contributed by atoms with Crippen molar-refractivity contribution in [2.24, 2.45) is 5.92 Å². The first-order valence-corrected chi connectivity index (χ1v) is 5.68. The third-order valence-electron chi connectivity index (χ3n) is 2.38. The SMILES string of the molecule is C/C(=C\C1CCCCC1)CBr. The summed E-state index contributed by atoms with van der Waals surface area (Å²) >= 11 is 3.47. The van der Waals surface area contributed by atoms with Crippen molar-refractivity contribution in [1.29, 1.82) is 0 Å². The highest BCUT2D eigenvalue weighted by Crippen LogP contribution is 2.25. The van der Waals surface area contributed by atoms with Crippen molar-refractivity contribution in [2.75, 3.05) is 5.33 Å². The first-order chi connectivity index (χ1) is 5.33. The van der Waals surface area contributed by atoms with Crippen LogP contribution in [0.1, 0.15) is 39.0 Å². The summed E-state index contributed by atoms with van der Waals surface area (Å²) in [5.41, 5.74) is 1.50. The van der Waals surface area contributed by atoms with E-state index >= 15 is 0 Å². The van der Waals surface area contributed by atoms with Crippen LogP contribution in [0, 0.1) is 5.92 Å². The van der Waals surface area contributed by atoms with E-state index < -0.39 is 0 Å². The lowest BCUT2D eigenvalue weighted by Crippen LogP contribution is -2.03. The maximum absolute atomic E-state index is 3.47. The molecule has 0 saturated heterocycles. The van der Waals surface area contributed by atoms with E-state index in [0.29, 0.717) is 0 Å². The number of alkyl halides is 1. The van der Waals surface area contributed by atoms with Crippen molar-refractivity contribution in [1.82, 2.24) is 0 Å². The molecule has 1 saturated carbocycles. The molecule has 1 aliphatic rings. The van der Waals surface area contributed by atoms with Crippen LogP contribution in [-0.4, -0.2) is 5.33 Å². The second-order valence-corrected chi connectivity index (χ2v) is 4.11. The summed E-state index contributed by atoms with van der Waals surface area (Å²) in [5.74, 6) is 0.890. The minimum absolute atomic E-state index is 0.890. The van der Waals surface area contributed by atoms with Crippen LogP contribution in [0.15, 0.2) is 11.6 Å². The largest absolute Gasteiger partial charge is 0.0880 e. The average molecular weight is 217 g/mol. The maximum Gasteiger partial charge on any atom is 0.0239 e. The van der Waals surface area contributed by atoms with Gasteiger partial charge in [-0.05, 0) is 25.7 Å². The van der Waals surface area contributed by atoms with E-state index in [4.69, 9.17) is 0 Å². The van der Waals surface area contributed by atoms with Gasteiger partial charge in [-0.3, -0.25) is 0 Å². The molecule has 1 rings (SSSR count). The Hall–Kier alpha value is 0.220. The molecule has 0 radical (unpaired) electrons. The van der Waals surface area contributed by atoms with Crippen LogP contribution in [0.4, 0.5) is 0 Å². The van der Waals surface area contributed by atoms with Gasteiger partial charge in [0, 0.05) is 5.33 Å². The van der Waals surface area contributed by atoms with E-state index in [1.165, 1.54) is 37.7 Å². The van der Waals surface area contributed by atoms with Gasteiger partial charge in [-0.1, -0.05) is 46.8 Å². The van der Waals surface area contributed by atoms with E-state index in [1.807, 2.05) is 0 Å². The van der Waals surface area contributed by atoms with E-state index in [2.05, 4.69) is 28.9 Å². The van der Waals surface area contributed by atoms with Crippen molar-refractivity contribution >= 4 is 15.9 Å². The van der Waals surface area contributed by atoms with Crippen LogP contribution in [-0.2, 0) is 0 Å². The monoisotopic (exact) mass is 216 g/mol. The molecule has 0 aromatic heterocycles. The van der Waals surface area contributed by atoms with Gasteiger partial charge in [-0.15, -0.1) is 0 Å². The zero-order chi connectivity index (χ0) is 8.10. The molecule has 0 unspecified atom stereocenters. The van der Waals surface area contributed by atoms with Gasteiger partial charge in [0.15, 0.2) is 0 Å². The van der Waals surface area contributed by atoms with Gasteiger partial charge in [-0.2, -0.15) is 0 Å². The fraction of sp³-hybridized carbons (Fsp3) is 0.800. The standard InChI is InChI=1S/C10H17Br/c1-9(8-11)7-10-5-3-2-4-6-10/h7,10H,2-6,8H2,1H3/b9-7+. The summed E-state index contributed by atoms with van der Waals surface area (Å²) < 4.78 is 0. The highest BCUT2D eigenvalue weighted by molar-refractivity contribution is 9.09. The van der Waals surface area contributed by atoms with Gasteiger partial charge in [0.1, 0.15) is 0 Å². The summed E-state index contributed by atoms with van der Waals surface area (Å²) in [6.45, 7) is 2.21. The van der Waals surface area contributed by atoms with Gasteiger partial charge in [0.2, 0.25) is 0 Å². The van der Waals surface area contributed by atoms with Crippen molar-refractivity contribution in [2.45, 2.75) is 39.0 Å². The van der Waals surface area contributed by atoms with Crippen molar-refractivity contribution < 1.29 is 0 Å². The van der Waals surface area contributed by atoms with Crippen LogP contribution in [0.2, 0.25) is 0 Å². The normalized spacial score (nSPS) is 22.2. The number of hydrogen-bond donors (Lipinski definition) is 0. The summed E-state index contributed by atoms with van der Waals surface area (Å²) in [5, 5.41) is 1.05. The Labute approximate surface area is 78.2 Å². The Balaban J connectivity index is 2.34. The third kappa shape index (κ3) is 3.42. The predicted molar refractivity (Wildman–Crippen MR) is 54.1 cm³/mol. The Morgan fingerprint density at radius 3 is 2.55 bits per heavy atom. The van der Waals surface area contributed by atoms with Gasteiger partial charge in [0.25, 0.3) is 0 Å². The number of hydrogen-bond acceptors (Lipinski definition) is 0. The highest BCUT2D eigenvalue weighted by atomic mass is 79.9. The molecule has 1 aliphatic carbocycles. The second kappa shape index (κ2) is 4.97. The summed E-state index contributed by atoms with van der Waals surface area (Å²) in [4.78, 5) is 0. The second-order valence-electron chi connectivity index (χ2n) is 3.54. The maximum atomic E-state index is 3.47. The minimum atomic E-state index is 0.890. The Bertz CT molecular complexity index is 132. The summed E-state index contributed by atoms with van der Waals surface area (Å²) in [7, 11) is 0. The minimum Gasteiger partial charge on any atom is -0.0880 e. The van der Waals surface area contributed by atoms with E-state index in [1.54, 1.807) is 0 Å². The van der Waals surface area contributed by atoms with E-state index in [-0.39, 0.29) is 0 Å². The van der Waals surface area contributed by atoms with Gasteiger partial charge in [0.05, 0.1) is 0 Å². The molecule has 1 heteroatoms. The van der Waals surface area contributed by atoms with Crippen LogP contribution in [0.3, 0.4) is 0 Å². The van der Waals surface area contributed by atoms with Crippen molar-refractivity contribution in [3.05, 3.63) is 11.6 Å². The van der Waals surface area contributed by atoms with Crippen LogP contribution < -0.4 is 0 Å². The first-order valence-electron chi connectivity index (χ1n) is 4.56. The lowest BCUT2D eigenvalue weighted by Gasteiger charge is -2.18. The molecule has 0 aliphatic heterocycles. The van der Waals surface area contributed by atoms with Crippen LogP contribution >= 0.6 is 15.9 Å². The molecule has 0 amide bonds. The molecular weight excluding hydrogens is 200 g/mol. The molecule has 0 aromatic carbocycles. The quantitative estimate of drug-likeness (QED) is 0.486. The molecule has 1 fully saturated rings. The number of halogens is 1. The highest BCUT2D eigenvalue weighted by Gasteiger charge is 2.10. The predicted octanol–water partition coefficient (Wildman–Crippen LogP) is 3.91. The molecular formula is C10H17Br. The Morgan fingerprint density at radius 1 is 1.36 bits per heavy atom. The molecule has 0 bridgehead atoms. The molecule has 11 heavy (non-hydrogen) atoms. The van der Waals surface area contributed by atoms with Gasteiger partial charge < -0.3 is 0 Å². The molecule has 0 N–H and O–H groups in total. The lowest BCUT2D eigenvalue weighted by atomic mass is 9.88. The van der Waals surface area contributed by atoms with Crippen LogP contribution in [0.25, 0.3) is 0 Å². The Kier molecular flexibility index (Phi) is 4.21. The van der Waals surface area contributed by atoms with E-state index in [0.717, 1.165) is 11.2 Å². The topological polar surface area (TPSA) is 0 Å². The summed E-state index contributed by atoms with van der Waals surface area (Å²) in [6.07, 6.45) is 9.63.